The van der Waals surface area contributed by atoms with Gasteiger partial charge < -0.3 is 0 Å². The highest BCUT2D eigenvalue weighted by molar-refractivity contribution is 6.32. The van der Waals surface area contributed by atoms with Crippen molar-refractivity contribution in [3.63, 3.8) is 0 Å². The van der Waals surface area contributed by atoms with E-state index < -0.39 is 0 Å². The highest BCUT2D eigenvalue weighted by Crippen LogP contribution is 2.25. The van der Waals surface area contributed by atoms with Crippen molar-refractivity contribution >= 4 is 34.1 Å². The van der Waals surface area contributed by atoms with E-state index >= 15 is 0 Å². The van der Waals surface area contributed by atoms with Crippen LogP contribution < -0.4 is 0 Å². The molecule has 20 heavy (non-hydrogen) atoms. The van der Waals surface area contributed by atoms with E-state index in [4.69, 9.17) is 23.2 Å². The molecule has 2 aromatic carbocycles. The quantitative estimate of drug-likeness (QED) is 0.588. The lowest BCUT2D eigenvalue weighted by molar-refractivity contribution is 0.614. The van der Waals surface area contributed by atoms with Crippen LogP contribution in [-0.2, 0) is 6.42 Å². The molecule has 0 N–H and O–H groups in total. The normalized spacial score (nSPS) is 10.9. The number of rotatable bonds is 2. The third-order valence-electron chi connectivity index (χ3n) is 3.14. The summed E-state index contributed by atoms with van der Waals surface area (Å²) in [6.07, 6.45) is 0.404. The molecule has 1 nitrogen and oxygen atoms in total. The van der Waals surface area contributed by atoms with Gasteiger partial charge in [-0.3, -0.25) is 0 Å². The average Bonchev–Trinajstić information content (AvgIpc) is 2.42. The number of aromatic nitrogens is 1. The number of pyridine rings is 1. The van der Waals surface area contributed by atoms with Gasteiger partial charge in [-0.1, -0.05) is 41.4 Å². The Morgan fingerprint density at radius 2 is 1.75 bits per heavy atom. The van der Waals surface area contributed by atoms with Crippen LogP contribution in [0.1, 0.15) is 11.1 Å². The number of halogens is 3. The number of hydrogen-bond donors (Lipinski definition) is 0. The highest BCUT2D eigenvalue weighted by Gasteiger charge is 2.09. The molecule has 0 saturated heterocycles. The molecule has 3 aromatic rings. The van der Waals surface area contributed by atoms with Crippen LogP contribution in [0.5, 0.6) is 0 Å². The number of nitrogens with zero attached hydrogens (tertiary/aromatic N) is 1. The number of fused-ring (bicyclic) bond motifs is 1. The standard InChI is InChI=1S/C16H10Cl2FN/c17-13-5-6-15-11(9-13)8-12(16(18)20-15)7-10-3-1-2-4-14(10)19/h1-6,8-9H,7H2. The van der Waals surface area contributed by atoms with Gasteiger partial charge in [0, 0.05) is 16.8 Å². The molecular formula is C16H10Cl2FN. The maximum absolute atomic E-state index is 13.7. The Labute approximate surface area is 126 Å². The van der Waals surface area contributed by atoms with Crippen molar-refractivity contribution in [1.29, 1.82) is 0 Å². The fourth-order valence-electron chi connectivity index (χ4n) is 2.14. The van der Waals surface area contributed by atoms with Crippen LogP contribution in [0.25, 0.3) is 10.9 Å². The molecule has 0 unspecified atom stereocenters. The molecule has 0 radical (unpaired) electrons. The first-order valence-corrected chi connectivity index (χ1v) is 6.87. The Kier molecular flexibility index (Phi) is 3.60. The van der Waals surface area contributed by atoms with Crippen molar-refractivity contribution in [3.8, 4) is 0 Å². The molecule has 0 saturated carbocycles. The molecular weight excluding hydrogens is 296 g/mol. The third kappa shape index (κ3) is 2.62. The predicted octanol–water partition coefficient (Wildman–Crippen LogP) is 5.27. The van der Waals surface area contributed by atoms with Crippen molar-refractivity contribution < 1.29 is 4.39 Å². The van der Waals surface area contributed by atoms with E-state index in [2.05, 4.69) is 4.98 Å². The Balaban J connectivity index is 2.07. The second-order valence-electron chi connectivity index (χ2n) is 4.54. The van der Waals surface area contributed by atoms with Crippen molar-refractivity contribution in [2.45, 2.75) is 6.42 Å². The van der Waals surface area contributed by atoms with Crippen LogP contribution in [0, 0.1) is 5.82 Å². The minimum absolute atomic E-state index is 0.241. The SMILES string of the molecule is Fc1ccccc1Cc1cc2cc(Cl)ccc2nc1Cl. The fraction of sp³-hybridized carbons (Fsp3) is 0.0625. The Morgan fingerprint density at radius 1 is 0.950 bits per heavy atom. The van der Waals surface area contributed by atoms with E-state index in [0.717, 1.165) is 16.5 Å². The molecule has 4 heteroatoms. The maximum Gasteiger partial charge on any atom is 0.133 e. The Hall–Kier alpha value is -1.64. The molecule has 1 heterocycles. The van der Waals surface area contributed by atoms with E-state index in [9.17, 15) is 4.39 Å². The van der Waals surface area contributed by atoms with E-state index in [1.54, 1.807) is 24.3 Å². The van der Waals surface area contributed by atoms with Gasteiger partial charge in [-0.25, -0.2) is 9.37 Å². The molecule has 100 valence electrons. The van der Waals surface area contributed by atoms with Gasteiger partial charge in [-0.2, -0.15) is 0 Å². The van der Waals surface area contributed by atoms with Gasteiger partial charge in [0.2, 0.25) is 0 Å². The van der Waals surface area contributed by atoms with E-state index in [1.807, 2.05) is 18.2 Å². The van der Waals surface area contributed by atoms with Crippen molar-refractivity contribution in [3.05, 3.63) is 75.7 Å². The fourth-order valence-corrected chi connectivity index (χ4v) is 2.53. The topological polar surface area (TPSA) is 12.9 Å². The number of hydrogen-bond acceptors (Lipinski definition) is 1. The van der Waals surface area contributed by atoms with Gasteiger partial charge in [-0.05, 0) is 41.5 Å². The zero-order chi connectivity index (χ0) is 14.1. The zero-order valence-electron chi connectivity index (χ0n) is 10.4. The van der Waals surface area contributed by atoms with Crippen molar-refractivity contribution in [2.24, 2.45) is 0 Å². The zero-order valence-corrected chi connectivity index (χ0v) is 11.9. The van der Waals surface area contributed by atoms with Crippen LogP contribution >= 0.6 is 23.2 Å². The summed E-state index contributed by atoms with van der Waals surface area (Å²) in [6, 6.07) is 14.0. The molecule has 1 aromatic heterocycles. The average molecular weight is 306 g/mol. The first-order valence-electron chi connectivity index (χ1n) is 6.11. The summed E-state index contributed by atoms with van der Waals surface area (Å²) in [7, 11) is 0. The molecule has 3 rings (SSSR count). The summed E-state index contributed by atoms with van der Waals surface area (Å²) in [5, 5.41) is 1.93. The van der Waals surface area contributed by atoms with Crippen LogP contribution in [-0.4, -0.2) is 4.98 Å². The monoisotopic (exact) mass is 305 g/mol. The summed E-state index contributed by atoms with van der Waals surface area (Å²) in [6.45, 7) is 0. The summed E-state index contributed by atoms with van der Waals surface area (Å²) in [5.74, 6) is -0.241. The third-order valence-corrected chi connectivity index (χ3v) is 3.70. The Bertz CT molecular complexity index is 787. The van der Waals surface area contributed by atoms with Crippen LogP contribution in [0.15, 0.2) is 48.5 Å². The van der Waals surface area contributed by atoms with Crippen molar-refractivity contribution in [1.82, 2.24) is 4.98 Å². The van der Waals surface area contributed by atoms with Gasteiger partial charge >= 0.3 is 0 Å². The lowest BCUT2D eigenvalue weighted by Crippen LogP contribution is -1.95. The summed E-state index contributed by atoms with van der Waals surface area (Å²) < 4.78 is 13.7. The molecule has 0 spiro atoms. The second kappa shape index (κ2) is 5.39. The summed E-state index contributed by atoms with van der Waals surface area (Å²) in [4.78, 5) is 4.33. The minimum Gasteiger partial charge on any atom is -0.236 e. The van der Waals surface area contributed by atoms with E-state index in [1.165, 1.54) is 6.07 Å². The molecule has 0 amide bonds. The van der Waals surface area contributed by atoms with Crippen molar-refractivity contribution in [2.75, 3.05) is 0 Å². The second-order valence-corrected chi connectivity index (χ2v) is 5.34. The van der Waals surface area contributed by atoms with E-state index in [0.29, 0.717) is 22.2 Å². The van der Waals surface area contributed by atoms with Gasteiger partial charge in [0.05, 0.1) is 5.52 Å². The lowest BCUT2D eigenvalue weighted by atomic mass is 10.0. The summed E-state index contributed by atoms with van der Waals surface area (Å²) >= 11 is 12.2. The molecule has 0 bridgehead atoms. The predicted molar refractivity (Wildman–Crippen MR) is 81.0 cm³/mol. The smallest absolute Gasteiger partial charge is 0.133 e. The van der Waals surface area contributed by atoms with Crippen LogP contribution in [0.4, 0.5) is 4.39 Å². The maximum atomic E-state index is 13.7. The highest BCUT2D eigenvalue weighted by atomic mass is 35.5. The molecule has 0 aliphatic carbocycles. The van der Waals surface area contributed by atoms with Gasteiger partial charge in [0.25, 0.3) is 0 Å². The van der Waals surface area contributed by atoms with Gasteiger partial charge in [-0.15, -0.1) is 0 Å². The molecule has 0 fully saturated rings. The molecule has 0 aliphatic heterocycles. The van der Waals surface area contributed by atoms with E-state index in [-0.39, 0.29) is 5.82 Å². The first kappa shape index (κ1) is 13.3. The Morgan fingerprint density at radius 3 is 2.55 bits per heavy atom. The van der Waals surface area contributed by atoms with Crippen LogP contribution in [0.2, 0.25) is 10.2 Å². The molecule has 0 atom stereocenters. The first-order chi connectivity index (χ1) is 9.63. The van der Waals surface area contributed by atoms with Crippen LogP contribution in [0.3, 0.4) is 0 Å². The summed E-state index contributed by atoms with van der Waals surface area (Å²) in [5.41, 5.74) is 2.15. The largest absolute Gasteiger partial charge is 0.236 e. The minimum atomic E-state index is -0.241. The lowest BCUT2D eigenvalue weighted by Gasteiger charge is -2.07. The van der Waals surface area contributed by atoms with Gasteiger partial charge in [0.1, 0.15) is 11.0 Å². The molecule has 0 aliphatic rings. The van der Waals surface area contributed by atoms with Gasteiger partial charge in [0.15, 0.2) is 0 Å². The number of benzene rings is 2.